The number of hydrogen-bond acceptors (Lipinski definition) is 4. The van der Waals surface area contributed by atoms with Crippen LogP contribution in [0.3, 0.4) is 0 Å². The van der Waals surface area contributed by atoms with Gasteiger partial charge in [-0.15, -0.1) is 0 Å². The van der Waals surface area contributed by atoms with Crippen LogP contribution in [0.2, 0.25) is 0 Å². The number of nitrogens with one attached hydrogen (secondary N) is 1. The van der Waals surface area contributed by atoms with Gasteiger partial charge in [-0.1, -0.05) is 18.5 Å². The summed E-state index contributed by atoms with van der Waals surface area (Å²) in [6, 6.07) is 0.278. The molecule has 1 amide bonds. The molecule has 0 bridgehead atoms. The first-order valence-corrected chi connectivity index (χ1v) is 9.66. The van der Waals surface area contributed by atoms with Crippen molar-refractivity contribution >= 4 is 5.91 Å². The first-order valence-electron chi connectivity index (χ1n) is 9.66. The van der Waals surface area contributed by atoms with Crippen LogP contribution in [0, 0.1) is 5.92 Å². The van der Waals surface area contributed by atoms with E-state index in [4.69, 9.17) is 4.52 Å². The number of aromatic nitrogens is 1. The van der Waals surface area contributed by atoms with Crippen molar-refractivity contribution in [2.24, 2.45) is 5.92 Å². The Balaban J connectivity index is 1.56. The Labute approximate surface area is 145 Å². The van der Waals surface area contributed by atoms with Crippen LogP contribution in [0.1, 0.15) is 69.4 Å². The zero-order valence-electron chi connectivity index (χ0n) is 15.1. The number of piperidine rings is 1. The van der Waals surface area contributed by atoms with Crippen LogP contribution >= 0.6 is 0 Å². The van der Waals surface area contributed by atoms with E-state index in [1.807, 2.05) is 0 Å². The highest BCUT2D eigenvalue weighted by atomic mass is 16.5. The maximum Gasteiger partial charge on any atom is 0.224 e. The summed E-state index contributed by atoms with van der Waals surface area (Å²) in [4.78, 5) is 14.9. The molecule has 0 radical (unpaired) electrons. The fourth-order valence-corrected chi connectivity index (χ4v) is 4.06. The standard InChI is InChI=1S/C19H31N3O2/c1-3-7-14(2)20-19(23)15-8-6-11-22(12-15)13-17-16-9-4-5-10-18(16)24-21-17/h14-15H,3-13H2,1-2H3,(H,20,23). The monoisotopic (exact) mass is 333 g/mol. The van der Waals surface area contributed by atoms with Gasteiger partial charge in [-0.2, -0.15) is 0 Å². The molecule has 2 unspecified atom stereocenters. The fourth-order valence-electron chi connectivity index (χ4n) is 4.06. The molecule has 1 aliphatic carbocycles. The molecule has 2 atom stereocenters. The summed E-state index contributed by atoms with van der Waals surface area (Å²) >= 11 is 0. The van der Waals surface area contributed by atoms with Gasteiger partial charge in [0.1, 0.15) is 11.5 Å². The predicted octanol–water partition coefficient (Wildman–Crippen LogP) is 3.07. The second-order valence-electron chi connectivity index (χ2n) is 7.51. The third-order valence-electron chi connectivity index (χ3n) is 5.39. The van der Waals surface area contributed by atoms with E-state index >= 15 is 0 Å². The van der Waals surface area contributed by atoms with Crippen LogP contribution in [0.15, 0.2) is 4.52 Å². The molecule has 5 nitrogen and oxygen atoms in total. The minimum atomic E-state index is 0.112. The van der Waals surface area contributed by atoms with Crippen molar-refractivity contribution in [3.8, 4) is 0 Å². The molecule has 2 heterocycles. The number of likely N-dealkylation sites (tertiary alicyclic amines) is 1. The van der Waals surface area contributed by atoms with Crippen LogP contribution in [0.25, 0.3) is 0 Å². The zero-order chi connectivity index (χ0) is 16.9. The molecule has 3 rings (SSSR count). The van der Waals surface area contributed by atoms with Crippen molar-refractivity contribution in [1.82, 2.24) is 15.4 Å². The van der Waals surface area contributed by atoms with Crippen molar-refractivity contribution in [2.75, 3.05) is 13.1 Å². The topological polar surface area (TPSA) is 58.4 Å². The Morgan fingerprint density at radius 2 is 2.21 bits per heavy atom. The summed E-state index contributed by atoms with van der Waals surface area (Å²) in [6.07, 6.45) is 8.81. The molecule has 1 aliphatic heterocycles. The second kappa shape index (κ2) is 8.15. The maximum atomic E-state index is 12.5. The fraction of sp³-hybridized carbons (Fsp3) is 0.789. The first-order chi connectivity index (χ1) is 11.7. The van der Waals surface area contributed by atoms with Gasteiger partial charge >= 0.3 is 0 Å². The third-order valence-corrected chi connectivity index (χ3v) is 5.39. The van der Waals surface area contributed by atoms with Crippen molar-refractivity contribution < 1.29 is 9.32 Å². The van der Waals surface area contributed by atoms with Crippen LogP contribution in [0.5, 0.6) is 0 Å². The molecule has 1 saturated heterocycles. The Morgan fingerprint density at radius 3 is 3.04 bits per heavy atom. The number of aryl methyl sites for hydroxylation is 1. The van der Waals surface area contributed by atoms with E-state index in [1.165, 1.54) is 18.4 Å². The molecule has 5 heteroatoms. The Hall–Kier alpha value is -1.36. The lowest BCUT2D eigenvalue weighted by Crippen LogP contribution is -2.45. The quantitative estimate of drug-likeness (QED) is 0.869. The van der Waals surface area contributed by atoms with Crippen LogP contribution in [-0.2, 0) is 24.2 Å². The summed E-state index contributed by atoms with van der Waals surface area (Å²) in [5.74, 6) is 1.43. The number of rotatable bonds is 6. The molecule has 1 aromatic rings. The molecule has 134 valence electrons. The molecule has 0 saturated carbocycles. The summed E-state index contributed by atoms with van der Waals surface area (Å²) in [5.41, 5.74) is 2.44. The minimum absolute atomic E-state index is 0.112. The number of fused-ring (bicyclic) bond motifs is 1. The van der Waals surface area contributed by atoms with Gasteiger partial charge in [0.15, 0.2) is 0 Å². The summed E-state index contributed by atoms with van der Waals surface area (Å²) in [6.45, 7) is 6.97. The van der Waals surface area contributed by atoms with Crippen LogP contribution in [-0.4, -0.2) is 35.1 Å². The van der Waals surface area contributed by atoms with E-state index in [9.17, 15) is 4.79 Å². The lowest BCUT2D eigenvalue weighted by atomic mass is 9.94. The van der Waals surface area contributed by atoms with Crippen molar-refractivity contribution in [3.05, 3.63) is 17.0 Å². The number of carbonyl (C=O) groups excluding carboxylic acids is 1. The molecular formula is C19H31N3O2. The van der Waals surface area contributed by atoms with E-state index in [0.29, 0.717) is 0 Å². The van der Waals surface area contributed by atoms with Gasteiger partial charge in [0, 0.05) is 31.1 Å². The highest BCUT2D eigenvalue weighted by Crippen LogP contribution is 2.26. The van der Waals surface area contributed by atoms with Gasteiger partial charge in [-0.25, -0.2) is 0 Å². The van der Waals surface area contributed by atoms with Gasteiger partial charge in [0.2, 0.25) is 5.91 Å². The van der Waals surface area contributed by atoms with E-state index in [1.54, 1.807) is 0 Å². The SMILES string of the molecule is CCCC(C)NC(=O)C1CCCN(Cc2noc3c2CCCC3)C1. The Bertz CT molecular complexity index is 555. The molecule has 0 aromatic carbocycles. The zero-order valence-corrected chi connectivity index (χ0v) is 15.1. The number of nitrogens with zero attached hydrogens (tertiary/aromatic N) is 2. The van der Waals surface area contributed by atoms with Crippen LogP contribution in [0.4, 0.5) is 0 Å². The van der Waals surface area contributed by atoms with Gasteiger partial charge in [0.25, 0.3) is 0 Å². The third kappa shape index (κ3) is 4.18. The molecule has 1 aromatic heterocycles. The highest BCUT2D eigenvalue weighted by Gasteiger charge is 2.28. The summed E-state index contributed by atoms with van der Waals surface area (Å²) in [5, 5.41) is 7.50. The average molecular weight is 333 g/mol. The Kier molecular flexibility index (Phi) is 5.93. The number of hydrogen-bond donors (Lipinski definition) is 1. The van der Waals surface area contributed by atoms with Crippen molar-refractivity contribution in [3.63, 3.8) is 0 Å². The molecule has 24 heavy (non-hydrogen) atoms. The number of carbonyl (C=O) groups is 1. The van der Waals surface area contributed by atoms with Crippen LogP contribution < -0.4 is 5.32 Å². The van der Waals surface area contributed by atoms with Gasteiger partial charge in [-0.3, -0.25) is 9.69 Å². The highest BCUT2D eigenvalue weighted by molar-refractivity contribution is 5.79. The molecule has 1 fully saturated rings. The van der Waals surface area contributed by atoms with Crippen molar-refractivity contribution in [2.45, 2.75) is 77.8 Å². The Morgan fingerprint density at radius 1 is 1.38 bits per heavy atom. The predicted molar refractivity (Wildman–Crippen MR) is 93.7 cm³/mol. The van der Waals surface area contributed by atoms with E-state index in [2.05, 4.69) is 29.2 Å². The summed E-state index contributed by atoms with van der Waals surface area (Å²) in [7, 11) is 0. The van der Waals surface area contributed by atoms with Crippen molar-refractivity contribution in [1.29, 1.82) is 0 Å². The van der Waals surface area contributed by atoms with Gasteiger partial charge in [-0.05, 0) is 52.0 Å². The normalized spacial score (nSPS) is 22.8. The lowest BCUT2D eigenvalue weighted by molar-refractivity contribution is -0.127. The number of amides is 1. The van der Waals surface area contributed by atoms with Gasteiger partial charge < -0.3 is 9.84 Å². The van der Waals surface area contributed by atoms with E-state index in [-0.39, 0.29) is 17.9 Å². The summed E-state index contributed by atoms with van der Waals surface area (Å²) < 4.78 is 5.53. The largest absolute Gasteiger partial charge is 0.361 e. The minimum Gasteiger partial charge on any atom is -0.361 e. The smallest absolute Gasteiger partial charge is 0.224 e. The molecule has 0 spiro atoms. The van der Waals surface area contributed by atoms with Gasteiger partial charge in [0.05, 0.1) is 5.92 Å². The first kappa shape index (κ1) is 17.5. The van der Waals surface area contributed by atoms with E-state index in [0.717, 1.165) is 69.6 Å². The molecule has 1 N–H and O–H groups in total. The molecular weight excluding hydrogens is 302 g/mol. The lowest BCUT2D eigenvalue weighted by Gasteiger charge is -2.32. The second-order valence-corrected chi connectivity index (χ2v) is 7.51. The van der Waals surface area contributed by atoms with E-state index < -0.39 is 0 Å². The molecule has 2 aliphatic rings. The average Bonchev–Trinajstić information content (AvgIpc) is 2.98. The maximum absolute atomic E-state index is 12.5.